The molecule has 6 aromatic carbocycles. The Morgan fingerprint density at radius 1 is 0.421 bits per heavy atom. The quantitative estimate of drug-likeness (QED) is 0.227. The van der Waals surface area contributed by atoms with Gasteiger partial charge in [-0.25, -0.2) is 0 Å². The fourth-order valence-corrected chi connectivity index (χ4v) is 8.83. The molecule has 0 fully saturated rings. The summed E-state index contributed by atoms with van der Waals surface area (Å²) in [5, 5.41) is 9.63. The van der Waals surface area contributed by atoms with Gasteiger partial charge >= 0.3 is 0 Å². The third-order valence-corrected chi connectivity index (χ3v) is 10.3. The van der Waals surface area contributed by atoms with Gasteiger partial charge in [-0.05, 0) is 40.5 Å². The van der Waals surface area contributed by atoms with Gasteiger partial charge in [0.15, 0.2) is 0 Å². The van der Waals surface area contributed by atoms with Crippen molar-refractivity contribution in [3.63, 3.8) is 0 Å². The second kappa shape index (κ2) is 8.48. The molecular formula is C36H24NP. The van der Waals surface area contributed by atoms with Crippen molar-refractivity contribution in [2.24, 2.45) is 0 Å². The van der Waals surface area contributed by atoms with Crippen molar-refractivity contribution < 1.29 is 0 Å². The molecule has 8 rings (SSSR count). The number of benzene rings is 6. The number of fused-ring (bicyclic) bond motifs is 6. The van der Waals surface area contributed by atoms with E-state index in [0.717, 1.165) is 0 Å². The van der Waals surface area contributed by atoms with Crippen molar-refractivity contribution in [1.82, 2.24) is 4.57 Å². The molecule has 0 aliphatic heterocycles. The minimum Gasteiger partial charge on any atom is -0.309 e. The van der Waals surface area contributed by atoms with Crippen LogP contribution in [0.3, 0.4) is 0 Å². The summed E-state index contributed by atoms with van der Waals surface area (Å²) in [6.07, 6.45) is 0. The van der Waals surface area contributed by atoms with E-state index in [4.69, 9.17) is 0 Å². The zero-order chi connectivity index (χ0) is 25.1. The molecule has 0 aliphatic carbocycles. The molecule has 0 radical (unpaired) electrons. The van der Waals surface area contributed by atoms with Crippen LogP contribution in [0.5, 0.6) is 0 Å². The zero-order valence-electron chi connectivity index (χ0n) is 20.8. The van der Waals surface area contributed by atoms with Gasteiger partial charge in [-0.15, -0.1) is 0 Å². The second-order valence-electron chi connectivity index (χ2n) is 9.78. The molecule has 8 aromatic rings. The predicted octanol–water partition coefficient (Wildman–Crippen LogP) is 10.7. The van der Waals surface area contributed by atoms with E-state index in [9.17, 15) is 0 Å². The van der Waals surface area contributed by atoms with Gasteiger partial charge < -0.3 is 4.57 Å². The van der Waals surface area contributed by atoms with E-state index in [1.807, 2.05) is 0 Å². The molecule has 1 unspecified atom stereocenters. The van der Waals surface area contributed by atoms with Crippen LogP contribution in [0.1, 0.15) is 0 Å². The first-order chi connectivity index (χ1) is 18.9. The summed E-state index contributed by atoms with van der Waals surface area (Å²) in [5.74, 6) is 0. The fourth-order valence-electron chi connectivity index (χ4n) is 6.18. The normalized spacial score (nSPS) is 12.2. The topological polar surface area (TPSA) is 4.93 Å². The van der Waals surface area contributed by atoms with E-state index in [1.54, 1.807) is 0 Å². The van der Waals surface area contributed by atoms with E-state index >= 15 is 0 Å². The zero-order valence-corrected chi connectivity index (χ0v) is 21.6. The minimum atomic E-state index is -0.600. The summed E-state index contributed by atoms with van der Waals surface area (Å²) in [4.78, 5) is 0. The molecule has 38 heavy (non-hydrogen) atoms. The first-order valence-electron chi connectivity index (χ1n) is 13.1. The van der Waals surface area contributed by atoms with E-state index in [2.05, 4.69) is 150 Å². The number of para-hydroxylation sites is 3. The molecule has 1 nitrogen and oxygen atoms in total. The Labute approximate surface area is 222 Å². The van der Waals surface area contributed by atoms with Crippen molar-refractivity contribution in [3.05, 3.63) is 146 Å². The molecule has 0 saturated carbocycles. The van der Waals surface area contributed by atoms with E-state index in [1.165, 1.54) is 64.9 Å². The highest BCUT2D eigenvalue weighted by Gasteiger charge is 2.20. The van der Waals surface area contributed by atoms with Crippen molar-refractivity contribution in [2.75, 3.05) is 0 Å². The van der Waals surface area contributed by atoms with E-state index in [-0.39, 0.29) is 0 Å². The van der Waals surface area contributed by atoms with Crippen LogP contribution in [0, 0.1) is 0 Å². The van der Waals surface area contributed by atoms with Gasteiger partial charge in [0.1, 0.15) is 0 Å². The Kier molecular flexibility index (Phi) is 4.80. The van der Waals surface area contributed by atoms with Crippen LogP contribution in [-0.4, -0.2) is 4.57 Å². The lowest BCUT2D eigenvalue weighted by molar-refractivity contribution is 1.18. The van der Waals surface area contributed by atoms with Crippen LogP contribution >= 0.6 is 7.53 Å². The number of aromatic nitrogens is 1. The summed E-state index contributed by atoms with van der Waals surface area (Å²) in [5.41, 5.74) is 6.27. The maximum absolute atomic E-state index is 2.44. The van der Waals surface area contributed by atoms with Crippen LogP contribution < -0.4 is 0 Å². The standard InChI is InChI=1S/C36H24NP/c1-3-13-25(14-4-1)37-32-22-9-7-17-27(32)29-20-11-21-30(36(29)37)28-19-12-24-34-35(28)31-18-8-10-23-33(31)38(34)26-15-5-2-6-16-26/h1-24H. The van der Waals surface area contributed by atoms with Gasteiger partial charge in [0.2, 0.25) is 0 Å². The van der Waals surface area contributed by atoms with Crippen LogP contribution in [-0.2, 0) is 0 Å². The van der Waals surface area contributed by atoms with E-state index < -0.39 is 7.53 Å². The minimum absolute atomic E-state index is 0.600. The highest BCUT2D eigenvalue weighted by atomic mass is 31.1. The van der Waals surface area contributed by atoms with Gasteiger partial charge in [-0.2, -0.15) is 0 Å². The maximum atomic E-state index is 2.44. The second-order valence-corrected chi connectivity index (χ2v) is 11.9. The summed E-state index contributed by atoms with van der Waals surface area (Å²) in [6.45, 7) is 0. The molecule has 2 heteroatoms. The van der Waals surface area contributed by atoms with Crippen LogP contribution in [0.2, 0.25) is 0 Å². The van der Waals surface area contributed by atoms with Gasteiger partial charge in [-0.1, -0.05) is 129 Å². The average molecular weight is 502 g/mol. The SMILES string of the molecule is c1ccc(-n2c3ccccc3c3cccc(-c4cccc5c4c4ccccc4p5-c4ccccc4)c32)cc1. The van der Waals surface area contributed by atoms with Crippen molar-refractivity contribution >= 4 is 50.3 Å². The van der Waals surface area contributed by atoms with Gasteiger partial charge in [0, 0.05) is 37.6 Å². The first-order valence-corrected chi connectivity index (χ1v) is 14.4. The van der Waals surface area contributed by atoms with Crippen LogP contribution in [0.15, 0.2) is 146 Å². The summed E-state index contributed by atoms with van der Waals surface area (Å²) >= 11 is 0. The Bertz CT molecular complexity index is 2110. The molecule has 2 aromatic heterocycles. The molecule has 0 saturated heterocycles. The van der Waals surface area contributed by atoms with Crippen molar-refractivity contribution in [1.29, 1.82) is 0 Å². The lowest BCUT2D eigenvalue weighted by atomic mass is 9.97. The van der Waals surface area contributed by atoms with Gasteiger partial charge in [-0.3, -0.25) is 0 Å². The number of rotatable bonds is 3. The molecule has 178 valence electrons. The molecular weight excluding hydrogens is 477 g/mol. The molecule has 0 amide bonds. The average Bonchev–Trinajstić information content (AvgIpc) is 3.51. The molecule has 0 bridgehead atoms. The van der Waals surface area contributed by atoms with Crippen molar-refractivity contribution in [2.45, 2.75) is 0 Å². The van der Waals surface area contributed by atoms with Crippen LogP contribution in [0.25, 0.3) is 64.9 Å². The Hall–Kier alpha value is -4.58. The third-order valence-electron chi connectivity index (χ3n) is 7.71. The summed E-state index contributed by atoms with van der Waals surface area (Å²) in [7, 11) is -0.600. The fraction of sp³-hybridized carbons (Fsp3) is 0. The number of hydrogen-bond acceptors (Lipinski definition) is 0. The summed E-state index contributed by atoms with van der Waals surface area (Å²) in [6, 6.07) is 53.3. The van der Waals surface area contributed by atoms with Crippen LogP contribution in [0.4, 0.5) is 0 Å². The Balaban J connectivity index is 1.55. The monoisotopic (exact) mass is 501 g/mol. The van der Waals surface area contributed by atoms with Gasteiger partial charge in [0.05, 0.1) is 11.0 Å². The Morgan fingerprint density at radius 2 is 1.03 bits per heavy atom. The smallest absolute Gasteiger partial charge is 0.0619 e. The number of hydrogen-bond donors (Lipinski definition) is 0. The summed E-state index contributed by atoms with van der Waals surface area (Å²) < 4.78 is 2.44. The molecule has 0 spiro atoms. The lowest BCUT2D eigenvalue weighted by Crippen LogP contribution is -1.95. The van der Waals surface area contributed by atoms with Crippen molar-refractivity contribution in [3.8, 4) is 22.1 Å². The van der Waals surface area contributed by atoms with E-state index in [0.29, 0.717) is 0 Å². The molecule has 0 N–H and O–H groups in total. The largest absolute Gasteiger partial charge is 0.309 e. The highest BCUT2D eigenvalue weighted by Crippen LogP contribution is 2.57. The maximum Gasteiger partial charge on any atom is 0.0619 e. The third kappa shape index (κ3) is 3.06. The number of nitrogens with zero attached hydrogens (tertiary/aromatic N) is 1. The first kappa shape index (κ1) is 21.5. The molecule has 0 aliphatic rings. The van der Waals surface area contributed by atoms with Gasteiger partial charge in [0.25, 0.3) is 0 Å². The molecule has 1 atom stereocenters. The Morgan fingerprint density at radius 3 is 1.87 bits per heavy atom. The lowest BCUT2D eigenvalue weighted by Gasteiger charge is -2.13. The molecule has 2 heterocycles. The predicted molar refractivity (Wildman–Crippen MR) is 165 cm³/mol. The highest BCUT2D eigenvalue weighted by molar-refractivity contribution is 7.68.